The van der Waals surface area contributed by atoms with Crippen molar-refractivity contribution in [3.63, 3.8) is 0 Å². The molecule has 8 heteroatoms. The summed E-state index contributed by atoms with van der Waals surface area (Å²) >= 11 is 0. The lowest BCUT2D eigenvalue weighted by Crippen LogP contribution is -2.68. The lowest BCUT2D eigenvalue weighted by molar-refractivity contribution is -0.228. The average molecular weight is 761 g/mol. The molecule has 1 N–H and O–H groups in total. The van der Waals surface area contributed by atoms with E-state index in [4.69, 9.17) is 4.74 Å². The molecule has 1 aromatic carbocycles. The van der Waals surface area contributed by atoms with E-state index in [9.17, 15) is 18.3 Å². The van der Waals surface area contributed by atoms with Gasteiger partial charge in [-0.25, -0.2) is 13.2 Å². The molecule has 0 spiro atoms. The molecule has 2 aliphatic heterocycles. The number of β-amino-alcohol motifs (C(OH)–C–C–N with tert-alkyl or cyclic N) is 1. The van der Waals surface area contributed by atoms with Crippen LogP contribution in [0.15, 0.2) is 42.5 Å². The topological polar surface area (TPSA) is 87.2 Å². The number of esters is 1. The van der Waals surface area contributed by atoms with Crippen molar-refractivity contribution in [3.05, 3.63) is 53.6 Å². The van der Waals surface area contributed by atoms with Gasteiger partial charge in [0.15, 0.2) is 9.84 Å². The molecule has 7 aliphatic rings. The summed E-state index contributed by atoms with van der Waals surface area (Å²) in [5.41, 5.74) is 5.33. The molecule has 11 atom stereocenters. The first-order valence-electron chi connectivity index (χ1n) is 21.3. The van der Waals surface area contributed by atoms with Gasteiger partial charge in [-0.1, -0.05) is 65.0 Å². The fraction of sp³-hybridized carbons (Fsp3) is 0.761. The van der Waals surface area contributed by atoms with Crippen molar-refractivity contribution in [3.8, 4) is 0 Å². The summed E-state index contributed by atoms with van der Waals surface area (Å²) in [5.74, 6) is 2.90. The second kappa shape index (κ2) is 13.3. The minimum absolute atomic E-state index is 0.0148. The van der Waals surface area contributed by atoms with E-state index in [0.717, 1.165) is 25.9 Å². The van der Waals surface area contributed by atoms with E-state index in [2.05, 4.69) is 76.1 Å². The second-order valence-corrected chi connectivity index (χ2v) is 22.8. The number of fused-ring (bicyclic) bond motifs is 9. The number of methoxy groups -OCH3 is 1. The molecular formula is C46H68N2O5S. The Morgan fingerprint density at radius 3 is 2.33 bits per heavy atom. The van der Waals surface area contributed by atoms with E-state index in [1.807, 2.05) is 12.1 Å². The zero-order valence-corrected chi connectivity index (χ0v) is 35.1. The SMILES string of the molecule is C=C(C)[C@@H]1CC[C@]2(N(CCO)CCN3C[C@@H]4CC3CS4(=O)=O)CC[C@]3(C)[C@H](CC[C@@H]4[C@@]5(C)CC=C(c6ccc(C(=O)OC)cc6)C(C)(C)[C@@H]5CC[C@]43C)[C@@H]12. The van der Waals surface area contributed by atoms with Crippen LogP contribution in [0.4, 0.5) is 0 Å². The number of benzene rings is 1. The van der Waals surface area contributed by atoms with E-state index in [-0.39, 0.29) is 51.1 Å². The average Bonchev–Trinajstić information content (AvgIpc) is 3.80. The van der Waals surface area contributed by atoms with Crippen LogP contribution in [0.2, 0.25) is 0 Å². The fourth-order valence-corrected chi connectivity index (χ4v) is 17.7. The third-order valence-electron chi connectivity index (χ3n) is 18.3. The normalized spacial score (nSPS) is 43.1. The predicted molar refractivity (Wildman–Crippen MR) is 217 cm³/mol. The van der Waals surface area contributed by atoms with E-state index in [0.29, 0.717) is 54.0 Å². The van der Waals surface area contributed by atoms with Crippen molar-refractivity contribution in [1.82, 2.24) is 9.80 Å². The van der Waals surface area contributed by atoms with E-state index < -0.39 is 9.84 Å². The van der Waals surface area contributed by atoms with Crippen LogP contribution in [-0.2, 0) is 14.6 Å². The Bertz CT molecular complexity index is 1800. The molecule has 0 amide bonds. The Kier molecular flexibility index (Phi) is 9.55. The van der Waals surface area contributed by atoms with Gasteiger partial charge in [0.2, 0.25) is 0 Å². The first-order valence-corrected chi connectivity index (χ1v) is 23.0. The highest BCUT2D eigenvalue weighted by atomic mass is 32.2. The number of ether oxygens (including phenoxy) is 1. The molecule has 0 radical (unpaired) electrons. The van der Waals surface area contributed by atoms with Gasteiger partial charge in [0.25, 0.3) is 0 Å². The summed E-state index contributed by atoms with van der Waals surface area (Å²) in [6.07, 6.45) is 14.3. The summed E-state index contributed by atoms with van der Waals surface area (Å²) in [6, 6.07) is 8.24. The molecule has 2 saturated heterocycles. The van der Waals surface area contributed by atoms with Gasteiger partial charge in [-0.05, 0) is 146 Å². The molecule has 0 aromatic heterocycles. The molecular weight excluding hydrogens is 693 g/mol. The van der Waals surface area contributed by atoms with E-state index >= 15 is 0 Å². The number of sulfone groups is 1. The van der Waals surface area contributed by atoms with Gasteiger partial charge in [-0.3, -0.25) is 9.80 Å². The Hall–Kier alpha value is -2.00. The first kappa shape index (κ1) is 38.9. The van der Waals surface area contributed by atoms with Crippen molar-refractivity contribution in [2.24, 2.45) is 51.2 Å². The maximum absolute atomic E-state index is 12.5. The number of carbonyl (C=O) groups excluding carboxylic acids is 1. The molecule has 54 heavy (non-hydrogen) atoms. The number of hydrogen-bond acceptors (Lipinski definition) is 7. The van der Waals surface area contributed by atoms with Crippen LogP contribution < -0.4 is 0 Å². The number of allylic oxidation sites excluding steroid dienone is 3. The standard InChI is InChI=1S/C46H68N2O5S/c1-30(2)35-15-20-46(48(25-26-49)24-23-47-28-34-27-33(47)29-54(34,51)52)22-21-44(6)37(40(35)46)13-14-39-43(5)18-16-36(31-9-11-32(12-10-31)41(50)53-8)42(3,4)38(43)17-19-45(39,44)7/h9-12,16,33-35,37-40,49H,1,13-15,17-29H2,2-8H3/t33?,34-,35-,37+,38-,39+,40+,43-,44+,45+,46-/m0/s1. The third-order valence-corrected chi connectivity index (χ3v) is 20.5. The molecule has 1 unspecified atom stereocenters. The largest absolute Gasteiger partial charge is 0.465 e. The molecule has 8 rings (SSSR count). The Labute approximate surface area is 326 Å². The van der Waals surface area contributed by atoms with Gasteiger partial charge in [0.05, 0.1) is 30.3 Å². The van der Waals surface area contributed by atoms with E-state index in [1.165, 1.54) is 75.2 Å². The molecule has 1 aromatic rings. The minimum Gasteiger partial charge on any atom is -0.465 e. The van der Waals surface area contributed by atoms with Gasteiger partial charge < -0.3 is 9.84 Å². The fourth-order valence-electron chi connectivity index (χ4n) is 15.6. The zero-order chi connectivity index (χ0) is 38.6. The minimum atomic E-state index is -2.92. The maximum Gasteiger partial charge on any atom is 0.337 e. The van der Waals surface area contributed by atoms with Crippen LogP contribution in [0.3, 0.4) is 0 Å². The lowest BCUT2D eigenvalue weighted by atomic mass is 9.33. The van der Waals surface area contributed by atoms with E-state index in [1.54, 1.807) is 0 Å². The Morgan fingerprint density at radius 2 is 1.70 bits per heavy atom. The van der Waals surface area contributed by atoms with Gasteiger partial charge in [0, 0.05) is 37.8 Å². The number of carbonyl (C=O) groups is 1. The van der Waals surface area contributed by atoms with Crippen LogP contribution in [-0.4, -0.2) is 91.8 Å². The molecule has 5 aliphatic carbocycles. The number of aliphatic hydroxyl groups excluding tert-OH is 1. The molecule has 2 bridgehead atoms. The summed E-state index contributed by atoms with van der Waals surface area (Å²) < 4.78 is 30.1. The molecule has 4 saturated carbocycles. The first-order chi connectivity index (χ1) is 25.5. The third kappa shape index (κ3) is 5.48. The second-order valence-electron chi connectivity index (χ2n) is 20.4. The zero-order valence-electron chi connectivity index (χ0n) is 34.3. The molecule has 7 nitrogen and oxygen atoms in total. The predicted octanol–water partition coefficient (Wildman–Crippen LogP) is 8.04. The van der Waals surface area contributed by atoms with Gasteiger partial charge in [0.1, 0.15) is 0 Å². The maximum atomic E-state index is 12.5. The van der Waals surface area contributed by atoms with Crippen LogP contribution in [0.25, 0.3) is 5.57 Å². The highest BCUT2D eigenvalue weighted by molar-refractivity contribution is 7.92. The monoisotopic (exact) mass is 760 g/mol. The van der Waals surface area contributed by atoms with Crippen molar-refractivity contribution >= 4 is 21.4 Å². The summed E-state index contributed by atoms with van der Waals surface area (Å²) in [6.45, 7) is 23.3. The van der Waals surface area contributed by atoms with Gasteiger partial charge >= 0.3 is 5.97 Å². The number of likely N-dealkylation sites (tertiary alicyclic amines) is 1. The summed E-state index contributed by atoms with van der Waals surface area (Å²) in [5, 5.41) is 10.4. The summed E-state index contributed by atoms with van der Waals surface area (Å²) in [7, 11) is -1.48. The van der Waals surface area contributed by atoms with Crippen LogP contribution in [0.1, 0.15) is 122 Å². The number of nitrogens with zero attached hydrogens (tertiary/aromatic N) is 2. The van der Waals surface area contributed by atoms with Crippen LogP contribution >= 0.6 is 0 Å². The van der Waals surface area contributed by atoms with Gasteiger partial charge in [-0.2, -0.15) is 0 Å². The molecule has 298 valence electrons. The van der Waals surface area contributed by atoms with Gasteiger partial charge in [-0.15, -0.1) is 0 Å². The summed E-state index contributed by atoms with van der Waals surface area (Å²) in [4.78, 5) is 17.3. The van der Waals surface area contributed by atoms with Crippen molar-refractivity contribution < 1.29 is 23.1 Å². The number of aliphatic hydroxyl groups is 1. The van der Waals surface area contributed by atoms with Crippen molar-refractivity contribution in [2.45, 2.75) is 123 Å². The Balaban J connectivity index is 1.08. The molecule has 6 fully saturated rings. The van der Waals surface area contributed by atoms with Crippen molar-refractivity contribution in [2.75, 3.05) is 45.6 Å². The lowest BCUT2D eigenvalue weighted by Gasteiger charge is -2.73. The number of hydrogen-bond donors (Lipinski definition) is 1. The highest BCUT2D eigenvalue weighted by Gasteiger charge is 2.71. The molecule has 2 heterocycles. The Morgan fingerprint density at radius 1 is 0.963 bits per heavy atom. The van der Waals surface area contributed by atoms with Crippen molar-refractivity contribution in [1.29, 1.82) is 0 Å². The number of rotatable bonds is 9. The highest BCUT2D eigenvalue weighted by Crippen LogP contribution is 2.77. The smallest absolute Gasteiger partial charge is 0.337 e. The quantitative estimate of drug-likeness (QED) is 0.202. The van der Waals surface area contributed by atoms with Crippen LogP contribution in [0, 0.1) is 51.2 Å². The van der Waals surface area contributed by atoms with Crippen LogP contribution in [0.5, 0.6) is 0 Å².